The molecule has 0 saturated carbocycles. The molecule has 1 aliphatic rings. The third-order valence-electron chi connectivity index (χ3n) is 4.62. The molecule has 124 valence electrons. The first-order chi connectivity index (χ1) is 12.3. The number of halogens is 1. The summed E-state index contributed by atoms with van der Waals surface area (Å²) in [5.41, 5.74) is 3.81. The van der Waals surface area contributed by atoms with Crippen LogP contribution in [0.5, 0.6) is 0 Å². The van der Waals surface area contributed by atoms with E-state index in [0.29, 0.717) is 0 Å². The topological polar surface area (TPSA) is 15.6 Å². The molecule has 2 atom stereocenters. The van der Waals surface area contributed by atoms with Gasteiger partial charge in [0.25, 0.3) is 0 Å². The van der Waals surface area contributed by atoms with Gasteiger partial charge in [0.2, 0.25) is 0 Å². The molecule has 1 heterocycles. The van der Waals surface area contributed by atoms with Crippen LogP contribution in [0.3, 0.4) is 0 Å². The Morgan fingerprint density at radius 2 is 1.36 bits per heavy atom. The Bertz CT molecular complexity index is 861. The van der Waals surface area contributed by atoms with Crippen molar-refractivity contribution in [2.24, 2.45) is 4.99 Å². The summed E-state index contributed by atoms with van der Waals surface area (Å²) in [5, 5.41) is 0. The molecule has 3 heteroatoms. The maximum absolute atomic E-state index is 4.86. The molecule has 2 nitrogen and oxygen atoms in total. The molecule has 25 heavy (non-hydrogen) atoms. The third kappa shape index (κ3) is 3.38. The summed E-state index contributed by atoms with van der Waals surface area (Å²) < 4.78 is 1.14. The van der Waals surface area contributed by atoms with Crippen molar-refractivity contribution >= 4 is 22.3 Å². The van der Waals surface area contributed by atoms with Crippen LogP contribution in [0.2, 0.25) is 0 Å². The van der Waals surface area contributed by atoms with Crippen LogP contribution in [0.25, 0.3) is 0 Å². The van der Waals surface area contributed by atoms with Crippen molar-refractivity contribution in [2.45, 2.75) is 18.6 Å². The highest BCUT2D eigenvalue weighted by Crippen LogP contribution is 2.41. The van der Waals surface area contributed by atoms with Crippen molar-refractivity contribution in [3.05, 3.63) is 106 Å². The lowest BCUT2D eigenvalue weighted by atomic mass is 9.93. The van der Waals surface area contributed by atoms with Gasteiger partial charge in [0, 0.05) is 11.0 Å². The lowest BCUT2D eigenvalue weighted by Gasteiger charge is -2.29. The quantitative estimate of drug-likeness (QED) is 0.551. The molecule has 0 amide bonds. The average molecular weight is 391 g/mol. The van der Waals surface area contributed by atoms with Gasteiger partial charge in [0.05, 0.1) is 12.4 Å². The van der Waals surface area contributed by atoms with Gasteiger partial charge in [-0.25, -0.2) is 0 Å². The van der Waals surface area contributed by atoms with Crippen LogP contribution in [0, 0.1) is 0 Å². The Labute approximate surface area is 157 Å². The van der Waals surface area contributed by atoms with Gasteiger partial charge in [-0.2, -0.15) is 0 Å². The van der Waals surface area contributed by atoms with E-state index in [1.54, 1.807) is 0 Å². The molecule has 0 aromatic heterocycles. The minimum absolute atomic E-state index is 0.117. The van der Waals surface area contributed by atoms with Gasteiger partial charge in [-0.05, 0) is 22.8 Å². The van der Waals surface area contributed by atoms with Crippen molar-refractivity contribution in [1.29, 1.82) is 0 Å². The maximum atomic E-state index is 4.86. The van der Waals surface area contributed by atoms with Crippen LogP contribution in [0.15, 0.2) is 94.4 Å². The summed E-state index contributed by atoms with van der Waals surface area (Å²) in [6.45, 7) is 0.827. The Kier molecular flexibility index (Phi) is 4.66. The molecule has 3 aromatic rings. The monoisotopic (exact) mass is 390 g/mol. The van der Waals surface area contributed by atoms with E-state index in [1.807, 2.05) is 12.4 Å². The Balaban J connectivity index is 1.69. The summed E-state index contributed by atoms with van der Waals surface area (Å²) >= 11 is 3.67. The number of hydrogen-bond acceptors (Lipinski definition) is 2. The van der Waals surface area contributed by atoms with Gasteiger partial charge in [-0.15, -0.1) is 0 Å². The highest BCUT2D eigenvalue weighted by Gasteiger charge is 2.33. The third-order valence-corrected chi connectivity index (χ3v) is 5.40. The van der Waals surface area contributed by atoms with Crippen LogP contribution in [0.1, 0.15) is 28.8 Å². The zero-order chi connectivity index (χ0) is 17.1. The molecule has 4 rings (SSSR count). The number of aliphatic imine (C=N–C) groups is 1. The Hall–Kier alpha value is -2.39. The van der Waals surface area contributed by atoms with Crippen LogP contribution in [-0.2, 0) is 6.54 Å². The van der Waals surface area contributed by atoms with Crippen molar-refractivity contribution in [2.75, 3.05) is 0 Å². The molecule has 0 N–H and O–H groups in total. The zero-order valence-corrected chi connectivity index (χ0v) is 15.4. The van der Waals surface area contributed by atoms with Crippen LogP contribution in [-0.4, -0.2) is 11.2 Å². The van der Waals surface area contributed by atoms with Crippen LogP contribution >= 0.6 is 15.9 Å². The largest absolute Gasteiger partial charge is 0.349 e. The minimum Gasteiger partial charge on any atom is -0.349 e. The molecular formula is C22H19BrN2. The molecular weight excluding hydrogens is 372 g/mol. The van der Waals surface area contributed by atoms with Gasteiger partial charge >= 0.3 is 0 Å². The molecule has 0 saturated heterocycles. The molecule has 0 bridgehead atoms. The normalized spacial score (nSPS) is 19.3. The number of rotatable bonds is 4. The van der Waals surface area contributed by atoms with Crippen LogP contribution in [0.4, 0.5) is 0 Å². The van der Waals surface area contributed by atoms with E-state index in [9.17, 15) is 0 Å². The van der Waals surface area contributed by atoms with E-state index in [1.165, 1.54) is 16.7 Å². The molecule has 2 unspecified atom stereocenters. The van der Waals surface area contributed by atoms with Crippen LogP contribution < -0.4 is 0 Å². The van der Waals surface area contributed by atoms with E-state index in [2.05, 4.69) is 99.7 Å². The van der Waals surface area contributed by atoms with Crippen molar-refractivity contribution in [3.63, 3.8) is 0 Å². The average Bonchev–Trinajstić information content (AvgIpc) is 3.09. The van der Waals surface area contributed by atoms with E-state index >= 15 is 0 Å². The summed E-state index contributed by atoms with van der Waals surface area (Å²) in [6, 6.07) is 29.9. The van der Waals surface area contributed by atoms with Gasteiger partial charge in [-0.3, -0.25) is 4.99 Å². The van der Waals surface area contributed by atoms with Gasteiger partial charge < -0.3 is 4.90 Å². The summed E-state index contributed by atoms with van der Waals surface area (Å²) in [7, 11) is 0. The van der Waals surface area contributed by atoms with E-state index in [0.717, 1.165) is 11.0 Å². The summed E-state index contributed by atoms with van der Waals surface area (Å²) in [4.78, 5) is 7.20. The first kappa shape index (κ1) is 16.1. The smallest absolute Gasteiger partial charge is 0.101 e. The summed E-state index contributed by atoms with van der Waals surface area (Å²) in [5.74, 6) is 0. The number of hydrogen-bond donors (Lipinski definition) is 0. The molecule has 0 fully saturated rings. The lowest BCUT2D eigenvalue weighted by molar-refractivity contribution is 0.310. The van der Waals surface area contributed by atoms with E-state index in [4.69, 9.17) is 4.99 Å². The molecule has 0 aliphatic carbocycles. The Morgan fingerprint density at radius 1 is 0.760 bits per heavy atom. The fraction of sp³-hybridized carbons (Fsp3) is 0.136. The first-order valence-corrected chi connectivity index (χ1v) is 9.24. The lowest BCUT2D eigenvalue weighted by Crippen LogP contribution is -2.25. The standard InChI is InChI=1S/C22H19BrN2/c23-20-14-8-7-13-19(20)15-25-16-24-21(17-9-3-1-4-10-17)22(25)18-11-5-2-6-12-18/h1-14,16,21-22H,15H2. The highest BCUT2D eigenvalue weighted by molar-refractivity contribution is 9.10. The predicted molar refractivity (Wildman–Crippen MR) is 107 cm³/mol. The molecule has 0 radical (unpaired) electrons. The van der Waals surface area contributed by atoms with Crippen molar-refractivity contribution < 1.29 is 0 Å². The second-order valence-corrected chi connectivity index (χ2v) is 7.09. The second-order valence-electron chi connectivity index (χ2n) is 6.24. The van der Waals surface area contributed by atoms with Crippen molar-refractivity contribution in [3.8, 4) is 0 Å². The van der Waals surface area contributed by atoms with Gasteiger partial charge in [0.1, 0.15) is 6.04 Å². The SMILES string of the molecule is Brc1ccccc1CN1C=NC(c2ccccc2)C1c1ccccc1. The predicted octanol–water partition coefficient (Wildman–Crippen LogP) is 5.78. The molecule has 1 aliphatic heterocycles. The first-order valence-electron chi connectivity index (χ1n) is 8.45. The van der Waals surface area contributed by atoms with E-state index in [-0.39, 0.29) is 12.1 Å². The maximum Gasteiger partial charge on any atom is 0.101 e. The molecule has 3 aromatic carbocycles. The Morgan fingerprint density at radius 3 is 2.04 bits per heavy atom. The number of benzene rings is 3. The zero-order valence-electron chi connectivity index (χ0n) is 13.8. The van der Waals surface area contributed by atoms with Crippen molar-refractivity contribution in [1.82, 2.24) is 4.90 Å². The van der Waals surface area contributed by atoms with Gasteiger partial charge in [-0.1, -0.05) is 94.8 Å². The number of nitrogens with zero attached hydrogens (tertiary/aromatic N) is 2. The van der Waals surface area contributed by atoms with Gasteiger partial charge in [0.15, 0.2) is 0 Å². The summed E-state index contributed by atoms with van der Waals surface area (Å²) in [6.07, 6.45) is 2.01. The minimum atomic E-state index is 0.117. The second kappa shape index (κ2) is 7.24. The fourth-order valence-electron chi connectivity index (χ4n) is 3.40. The van der Waals surface area contributed by atoms with E-state index < -0.39 is 0 Å². The highest BCUT2D eigenvalue weighted by atomic mass is 79.9. The molecule has 0 spiro atoms. The fourth-order valence-corrected chi connectivity index (χ4v) is 3.81.